The van der Waals surface area contributed by atoms with Crippen LogP contribution in [0.2, 0.25) is 0 Å². The zero-order valence-corrected chi connectivity index (χ0v) is 12.7. The van der Waals surface area contributed by atoms with E-state index in [9.17, 15) is 9.59 Å². The number of rotatable bonds is 7. The Balaban J connectivity index is 2.14. The first-order chi connectivity index (χ1) is 9.51. The fourth-order valence-electron chi connectivity index (χ4n) is 2.75. The molecule has 0 aliphatic heterocycles. The van der Waals surface area contributed by atoms with Gasteiger partial charge < -0.3 is 15.7 Å². The minimum absolute atomic E-state index is 0.0234. The molecular formula is C15H28N2O3. The van der Waals surface area contributed by atoms with E-state index in [0.29, 0.717) is 13.0 Å². The molecule has 0 radical (unpaired) electrons. The van der Waals surface area contributed by atoms with Crippen LogP contribution < -0.4 is 10.6 Å². The lowest BCUT2D eigenvalue weighted by molar-refractivity contribution is -0.137. The first-order valence-electron chi connectivity index (χ1n) is 7.77. The third kappa shape index (κ3) is 6.78. The van der Waals surface area contributed by atoms with Crippen molar-refractivity contribution in [3.63, 3.8) is 0 Å². The van der Waals surface area contributed by atoms with Crippen molar-refractivity contribution in [1.82, 2.24) is 10.6 Å². The fraction of sp³-hybridized carbons (Fsp3) is 0.867. The van der Waals surface area contributed by atoms with Crippen molar-refractivity contribution in [3.8, 4) is 0 Å². The third-order valence-electron chi connectivity index (χ3n) is 4.22. The molecule has 1 atom stereocenters. The highest BCUT2D eigenvalue weighted by Gasteiger charge is 2.18. The molecule has 0 bridgehead atoms. The highest BCUT2D eigenvalue weighted by atomic mass is 16.4. The van der Waals surface area contributed by atoms with Crippen LogP contribution >= 0.6 is 0 Å². The van der Waals surface area contributed by atoms with Gasteiger partial charge in [-0.25, -0.2) is 4.79 Å². The Morgan fingerprint density at radius 1 is 1.25 bits per heavy atom. The van der Waals surface area contributed by atoms with Gasteiger partial charge in [0.25, 0.3) is 0 Å². The van der Waals surface area contributed by atoms with Crippen molar-refractivity contribution in [2.75, 3.05) is 6.54 Å². The number of urea groups is 1. The summed E-state index contributed by atoms with van der Waals surface area (Å²) in [4.78, 5) is 22.3. The largest absolute Gasteiger partial charge is 0.481 e. The van der Waals surface area contributed by atoms with Gasteiger partial charge in [-0.3, -0.25) is 4.79 Å². The van der Waals surface area contributed by atoms with Gasteiger partial charge in [0.15, 0.2) is 0 Å². The molecule has 2 amide bonds. The Morgan fingerprint density at radius 2 is 1.90 bits per heavy atom. The number of hydrogen-bond donors (Lipinski definition) is 3. The minimum Gasteiger partial charge on any atom is -0.481 e. The van der Waals surface area contributed by atoms with Crippen molar-refractivity contribution in [2.45, 2.75) is 64.8 Å². The fourth-order valence-corrected chi connectivity index (χ4v) is 2.75. The second-order valence-electron chi connectivity index (χ2n) is 6.02. The van der Waals surface area contributed by atoms with Crippen molar-refractivity contribution in [1.29, 1.82) is 0 Å². The molecule has 0 aromatic rings. The third-order valence-corrected chi connectivity index (χ3v) is 4.22. The summed E-state index contributed by atoms with van der Waals surface area (Å²) in [6.45, 7) is 4.85. The monoisotopic (exact) mass is 284 g/mol. The van der Waals surface area contributed by atoms with Crippen LogP contribution in [0.25, 0.3) is 0 Å². The van der Waals surface area contributed by atoms with Gasteiger partial charge in [0.2, 0.25) is 0 Å². The summed E-state index contributed by atoms with van der Waals surface area (Å²) in [5, 5.41) is 14.3. The Labute approximate surface area is 121 Å². The second-order valence-corrected chi connectivity index (χ2v) is 6.02. The second kappa shape index (κ2) is 8.82. The Morgan fingerprint density at radius 3 is 2.45 bits per heavy atom. The summed E-state index contributed by atoms with van der Waals surface area (Å²) in [7, 11) is 0. The van der Waals surface area contributed by atoms with E-state index in [2.05, 4.69) is 17.6 Å². The number of amides is 2. The molecule has 3 N–H and O–H groups in total. The number of nitrogens with one attached hydrogen (secondary N) is 2. The van der Waals surface area contributed by atoms with Gasteiger partial charge in [0, 0.05) is 12.6 Å². The maximum atomic E-state index is 11.7. The summed E-state index contributed by atoms with van der Waals surface area (Å²) >= 11 is 0. The summed E-state index contributed by atoms with van der Waals surface area (Å²) in [5.41, 5.74) is 0. The molecule has 0 aromatic carbocycles. The van der Waals surface area contributed by atoms with Crippen LogP contribution in [0.15, 0.2) is 0 Å². The number of carboxylic acid groups (broad SMARTS) is 1. The van der Waals surface area contributed by atoms with Crippen molar-refractivity contribution in [3.05, 3.63) is 0 Å². The molecule has 1 saturated carbocycles. The Bertz CT molecular complexity index is 312. The van der Waals surface area contributed by atoms with Crippen LogP contribution in [0.5, 0.6) is 0 Å². The van der Waals surface area contributed by atoms with E-state index < -0.39 is 5.97 Å². The molecule has 1 unspecified atom stereocenters. The molecule has 0 saturated heterocycles. The van der Waals surface area contributed by atoms with E-state index in [0.717, 1.165) is 18.3 Å². The van der Waals surface area contributed by atoms with Gasteiger partial charge in [0.05, 0.1) is 6.42 Å². The molecule has 1 aliphatic rings. The lowest BCUT2D eigenvalue weighted by atomic mass is 9.81. The van der Waals surface area contributed by atoms with E-state index in [4.69, 9.17) is 5.11 Å². The summed E-state index contributed by atoms with van der Waals surface area (Å²) in [5.74, 6) is 0.699. The quantitative estimate of drug-likeness (QED) is 0.672. The smallest absolute Gasteiger partial charge is 0.315 e. The topological polar surface area (TPSA) is 78.4 Å². The SMILES string of the molecule is CCC(CC(=O)O)NC(=O)NCCC1CCC(C)CC1. The molecule has 0 heterocycles. The lowest BCUT2D eigenvalue weighted by Gasteiger charge is -2.26. The standard InChI is InChI=1S/C15H28N2O3/c1-3-13(10-14(18)19)17-15(20)16-9-8-12-6-4-11(2)5-7-12/h11-13H,3-10H2,1-2H3,(H,18,19)(H2,16,17,20). The van der Waals surface area contributed by atoms with Crippen LogP contribution in [0.3, 0.4) is 0 Å². The number of carbonyl (C=O) groups is 2. The van der Waals surface area contributed by atoms with Crippen molar-refractivity contribution in [2.24, 2.45) is 11.8 Å². The van der Waals surface area contributed by atoms with Crippen LogP contribution in [0.1, 0.15) is 58.8 Å². The molecule has 5 nitrogen and oxygen atoms in total. The average Bonchev–Trinajstić information content (AvgIpc) is 2.39. The molecule has 1 aliphatic carbocycles. The van der Waals surface area contributed by atoms with E-state index in [1.807, 2.05) is 6.92 Å². The van der Waals surface area contributed by atoms with Gasteiger partial charge in [0.1, 0.15) is 0 Å². The molecule has 20 heavy (non-hydrogen) atoms. The molecular weight excluding hydrogens is 256 g/mol. The highest BCUT2D eigenvalue weighted by Crippen LogP contribution is 2.29. The predicted octanol–water partition coefficient (Wildman–Crippen LogP) is 2.76. The van der Waals surface area contributed by atoms with Gasteiger partial charge in [-0.05, 0) is 24.7 Å². The molecule has 116 valence electrons. The van der Waals surface area contributed by atoms with Crippen LogP contribution in [0.4, 0.5) is 4.79 Å². The lowest BCUT2D eigenvalue weighted by Crippen LogP contribution is -2.43. The van der Waals surface area contributed by atoms with Gasteiger partial charge in [-0.2, -0.15) is 0 Å². The maximum Gasteiger partial charge on any atom is 0.315 e. The Kier molecular flexibility index (Phi) is 7.41. The molecule has 1 fully saturated rings. The zero-order valence-electron chi connectivity index (χ0n) is 12.7. The van der Waals surface area contributed by atoms with Gasteiger partial charge in [-0.15, -0.1) is 0 Å². The first-order valence-corrected chi connectivity index (χ1v) is 7.77. The summed E-state index contributed by atoms with van der Waals surface area (Å²) in [6.07, 6.45) is 6.75. The van der Waals surface area contributed by atoms with E-state index in [-0.39, 0.29) is 18.5 Å². The van der Waals surface area contributed by atoms with Crippen LogP contribution in [-0.2, 0) is 4.79 Å². The van der Waals surface area contributed by atoms with E-state index in [1.54, 1.807) is 0 Å². The highest BCUT2D eigenvalue weighted by molar-refractivity contribution is 5.75. The zero-order chi connectivity index (χ0) is 15.0. The number of carboxylic acids is 1. The van der Waals surface area contributed by atoms with Crippen molar-refractivity contribution < 1.29 is 14.7 Å². The molecule has 0 aromatic heterocycles. The number of carbonyl (C=O) groups excluding carboxylic acids is 1. The first kappa shape index (κ1) is 16.8. The molecule has 5 heteroatoms. The molecule has 0 spiro atoms. The summed E-state index contributed by atoms with van der Waals surface area (Å²) in [6, 6.07) is -0.537. The normalized spacial score (nSPS) is 23.9. The maximum absolute atomic E-state index is 11.7. The van der Waals surface area contributed by atoms with Gasteiger partial charge in [-0.1, -0.05) is 39.5 Å². The predicted molar refractivity (Wildman–Crippen MR) is 78.6 cm³/mol. The minimum atomic E-state index is -0.881. The summed E-state index contributed by atoms with van der Waals surface area (Å²) < 4.78 is 0. The van der Waals surface area contributed by atoms with Crippen LogP contribution in [-0.4, -0.2) is 29.7 Å². The van der Waals surface area contributed by atoms with Gasteiger partial charge >= 0.3 is 12.0 Å². The van der Waals surface area contributed by atoms with Crippen LogP contribution in [0, 0.1) is 11.8 Å². The number of hydrogen-bond acceptors (Lipinski definition) is 2. The van der Waals surface area contributed by atoms with E-state index in [1.165, 1.54) is 25.7 Å². The molecule has 1 rings (SSSR count). The average molecular weight is 284 g/mol. The van der Waals surface area contributed by atoms with E-state index >= 15 is 0 Å². The van der Waals surface area contributed by atoms with Crippen molar-refractivity contribution >= 4 is 12.0 Å². The Hall–Kier alpha value is -1.26. The number of aliphatic carboxylic acids is 1.